The lowest BCUT2D eigenvalue weighted by molar-refractivity contribution is -0.132. The van der Waals surface area contributed by atoms with Gasteiger partial charge in [0.15, 0.2) is 6.17 Å². The van der Waals surface area contributed by atoms with Crippen molar-refractivity contribution in [1.29, 1.82) is 0 Å². The average Bonchev–Trinajstić information content (AvgIpc) is 2.85. The molecule has 2 fully saturated rings. The summed E-state index contributed by atoms with van der Waals surface area (Å²) >= 11 is 0. The van der Waals surface area contributed by atoms with Crippen LogP contribution in [0.25, 0.3) is 0 Å². The Morgan fingerprint density at radius 1 is 1.03 bits per heavy atom. The molecule has 3 N–H and O–H groups in total. The first kappa shape index (κ1) is 24.3. The summed E-state index contributed by atoms with van der Waals surface area (Å²) in [6.45, 7) is 0.443. The number of amides is 2. The van der Waals surface area contributed by atoms with Gasteiger partial charge in [0.1, 0.15) is 0 Å². The van der Waals surface area contributed by atoms with Crippen LogP contribution >= 0.6 is 0 Å². The van der Waals surface area contributed by atoms with Gasteiger partial charge < -0.3 is 16.0 Å². The zero-order chi connectivity index (χ0) is 24.1. The molecule has 0 bridgehead atoms. The summed E-state index contributed by atoms with van der Waals surface area (Å²) in [6.07, 6.45) is 5.21. The molecule has 1 unspecified atom stereocenters. The number of carbonyl (C=O) groups excluding carboxylic acids is 2. The van der Waals surface area contributed by atoms with E-state index in [1.54, 1.807) is 42.6 Å². The van der Waals surface area contributed by atoms with E-state index >= 15 is 0 Å². The summed E-state index contributed by atoms with van der Waals surface area (Å²) < 4.78 is 28.2. The fraction of sp³-hybridized carbons (Fsp3) is 0.458. The average molecular weight is 486 g/mol. The molecule has 1 aliphatic carbocycles. The second-order valence-corrected chi connectivity index (χ2v) is 10.9. The van der Waals surface area contributed by atoms with Gasteiger partial charge in [-0.2, -0.15) is 4.31 Å². The van der Waals surface area contributed by atoms with Crippen LogP contribution in [0.2, 0.25) is 0 Å². The van der Waals surface area contributed by atoms with E-state index in [1.165, 1.54) is 15.4 Å². The Labute approximate surface area is 200 Å². The molecule has 34 heavy (non-hydrogen) atoms. The van der Waals surface area contributed by atoms with Gasteiger partial charge >= 0.3 is 0 Å². The number of nitrogens with one attached hydrogen (secondary N) is 1. The van der Waals surface area contributed by atoms with Crippen LogP contribution in [0.1, 0.15) is 48.0 Å². The third-order valence-electron chi connectivity index (χ3n) is 6.42. The SMILES string of the molecule is NC1CCC(NC(=O)C2N(C(=O)c3cccnc3)CCCN2S(=O)(=O)Cc2ccccc2)CC1. The van der Waals surface area contributed by atoms with E-state index in [1.807, 2.05) is 6.07 Å². The van der Waals surface area contributed by atoms with Gasteiger partial charge in [-0.1, -0.05) is 30.3 Å². The van der Waals surface area contributed by atoms with Gasteiger partial charge in [-0.3, -0.25) is 14.6 Å². The molecule has 2 heterocycles. The van der Waals surface area contributed by atoms with Crippen LogP contribution in [0.15, 0.2) is 54.9 Å². The van der Waals surface area contributed by atoms with Crippen LogP contribution in [-0.2, 0) is 20.6 Å². The predicted octanol–water partition coefficient (Wildman–Crippen LogP) is 1.47. The number of pyridine rings is 1. The van der Waals surface area contributed by atoms with Gasteiger partial charge in [0.25, 0.3) is 11.8 Å². The molecule has 1 saturated heterocycles. The molecule has 4 rings (SSSR count). The largest absolute Gasteiger partial charge is 0.350 e. The molecule has 9 nitrogen and oxygen atoms in total. The quantitative estimate of drug-likeness (QED) is 0.638. The summed E-state index contributed by atoms with van der Waals surface area (Å²) in [4.78, 5) is 32.3. The Bertz CT molecular complexity index is 1090. The molecule has 0 radical (unpaired) electrons. The normalized spacial score (nSPS) is 23.9. The van der Waals surface area contributed by atoms with Crippen LogP contribution in [0.4, 0.5) is 0 Å². The molecule has 10 heteroatoms. The number of hydrogen-bond acceptors (Lipinski definition) is 6. The number of aromatic nitrogens is 1. The Hall–Kier alpha value is -2.82. The summed E-state index contributed by atoms with van der Waals surface area (Å²) in [5, 5.41) is 3.00. The number of sulfonamides is 1. The molecular weight excluding hydrogens is 454 g/mol. The summed E-state index contributed by atoms with van der Waals surface area (Å²) in [6, 6.07) is 12.1. The number of nitrogens with two attached hydrogens (primary N) is 1. The smallest absolute Gasteiger partial charge is 0.259 e. The number of nitrogens with zero attached hydrogens (tertiary/aromatic N) is 3. The fourth-order valence-electron chi connectivity index (χ4n) is 4.64. The first-order valence-corrected chi connectivity index (χ1v) is 13.3. The molecule has 182 valence electrons. The van der Waals surface area contributed by atoms with Crippen LogP contribution < -0.4 is 11.1 Å². The predicted molar refractivity (Wildman–Crippen MR) is 128 cm³/mol. The molecule has 2 aliphatic rings. The maximum Gasteiger partial charge on any atom is 0.259 e. The lowest BCUT2D eigenvalue weighted by Crippen LogP contribution is -2.64. The molecule has 2 amide bonds. The molecule has 1 atom stereocenters. The molecule has 1 aromatic heterocycles. The van der Waals surface area contributed by atoms with E-state index in [9.17, 15) is 18.0 Å². The van der Waals surface area contributed by atoms with Crippen molar-refractivity contribution >= 4 is 21.8 Å². The van der Waals surface area contributed by atoms with Crippen molar-refractivity contribution < 1.29 is 18.0 Å². The lowest BCUT2D eigenvalue weighted by Gasteiger charge is -2.42. The van der Waals surface area contributed by atoms with E-state index in [0.717, 1.165) is 25.7 Å². The maximum absolute atomic E-state index is 13.5. The van der Waals surface area contributed by atoms with Crippen molar-refractivity contribution in [2.45, 2.75) is 56.1 Å². The van der Waals surface area contributed by atoms with E-state index in [-0.39, 0.29) is 30.9 Å². The third-order valence-corrected chi connectivity index (χ3v) is 8.21. The Morgan fingerprint density at radius 2 is 1.76 bits per heavy atom. The molecule has 1 aliphatic heterocycles. The number of rotatable bonds is 6. The van der Waals surface area contributed by atoms with Crippen LogP contribution in [-0.4, -0.2) is 65.8 Å². The Morgan fingerprint density at radius 3 is 2.44 bits per heavy atom. The monoisotopic (exact) mass is 485 g/mol. The van der Waals surface area contributed by atoms with Crippen molar-refractivity contribution in [2.24, 2.45) is 5.73 Å². The number of carbonyl (C=O) groups is 2. The highest BCUT2D eigenvalue weighted by atomic mass is 32.2. The van der Waals surface area contributed by atoms with Crippen molar-refractivity contribution in [3.63, 3.8) is 0 Å². The van der Waals surface area contributed by atoms with Gasteiger partial charge in [0.05, 0.1) is 11.3 Å². The zero-order valence-electron chi connectivity index (χ0n) is 19.0. The summed E-state index contributed by atoms with van der Waals surface area (Å²) in [5.41, 5.74) is 6.93. The second-order valence-electron chi connectivity index (χ2n) is 8.94. The van der Waals surface area contributed by atoms with Crippen LogP contribution in [0.3, 0.4) is 0 Å². The molecule has 0 spiro atoms. The first-order valence-electron chi connectivity index (χ1n) is 11.7. The third kappa shape index (κ3) is 5.63. The minimum Gasteiger partial charge on any atom is -0.350 e. The summed E-state index contributed by atoms with van der Waals surface area (Å²) in [7, 11) is -3.89. The zero-order valence-corrected chi connectivity index (χ0v) is 19.9. The van der Waals surface area contributed by atoms with E-state index in [0.29, 0.717) is 17.5 Å². The standard InChI is InChI=1S/C24H31N5O4S/c25-20-9-11-21(12-10-20)27-22(30)23-28(24(31)19-8-4-13-26-16-19)14-5-15-29(23)34(32,33)17-18-6-2-1-3-7-18/h1-4,6-8,13,16,20-21,23H,5,9-12,14-15,17,25H2,(H,27,30). The van der Waals surface area contributed by atoms with Gasteiger partial charge in [-0.15, -0.1) is 0 Å². The van der Waals surface area contributed by atoms with Gasteiger partial charge in [0.2, 0.25) is 10.0 Å². The minimum atomic E-state index is -3.89. The Balaban J connectivity index is 1.63. The highest BCUT2D eigenvalue weighted by Crippen LogP contribution is 2.25. The highest BCUT2D eigenvalue weighted by Gasteiger charge is 2.44. The molecular formula is C24H31N5O4S. The lowest BCUT2D eigenvalue weighted by atomic mass is 9.92. The number of hydrogen-bond donors (Lipinski definition) is 2. The fourth-order valence-corrected chi connectivity index (χ4v) is 6.34. The highest BCUT2D eigenvalue weighted by molar-refractivity contribution is 7.88. The van der Waals surface area contributed by atoms with Gasteiger partial charge in [-0.25, -0.2) is 8.42 Å². The topological polar surface area (TPSA) is 126 Å². The number of benzene rings is 1. The van der Waals surface area contributed by atoms with Crippen molar-refractivity contribution in [3.8, 4) is 0 Å². The van der Waals surface area contributed by atoms with E-state index < -0.39 is 28.0 Å². The second kappa shape index (κ2) is 10.6. The Kier molecular flexibility index (Phi) is 7.60. The van der Waals surface area contributed by atoms with E-state index in [2.05, 4.69) is 10.3 Å². The van der Waals surface area contributed by atoms with Crippen molar-refractivity contribution in [1.82, 2.24) is 19.5 Å². The molecule has 1 saturated carbocycles. The van der Waals surface area contributed by atoms with Gasteiger partial charge in [-0.05, 0) is 49.8 Å². The van der Waals surface area contributed by atoms with E-state index in [4.69, 9.17) is 5.73 Å². The van der Waals surface area contributed by atoms with Crippen molar-refractivity contribution in [3.05, 3.63) is 66.0 Å². The van der Waals surface area contributed by atoms with Crippen LogP contribution in [0.5, 0.6) is 0 Å². The maximum atomic E-state index is 13.5. The summed E-state index contributed by atoms with van der Waals surface area (Å²) in [5.74, 6) is -1.14. The van der Waals surface area contributed by atoms with Gasteiger partial charge in [0, 0.05) is 37.6 Å². The van der Waals surface area contributed by atoms with Crippen LogP contribution in [0, 0.1) is 0 Å². The van der Waals surface area contributed by atoms with Crippen molar-refractivity contribution in [2.75, 3.05) is 13.1 Å². The molecule has 2 aromatic rings. The first-order chi connectivity index (χ1) is 16.3. The minimum absolute atomic E-state index is 0.0942. The molecule has 1 aromatic carbocycles.